The van der Waals surface area contributed by atoms with Crippen LogP contribution in [-0.2, 0) is 0 Å². The quantitative estimate of drug-likeness (QED) is 0.615. The molecule has 2 rings (SSSR count). The normalized spacial score (nSPS) is 38.4. The SMILES string of the molecule is CC(C)C1(C)CCCCCC2C=CN=CC2C1. The average molecular weight is 233 g/mol. The Hall–Kier alpha value is -0.590. The van der Waals surface area contributed by atoms with E-state index in [1.54, 1.807) is 0 Å². The van der Waals surface area contributed by atoms with Gasteiger partial charge in [-0.1, -0.05) is 46.1 Å². The third-order valence-electron chi connectivity index (χ3n) is 5.13. The predicted octanol–water partition coefficient (Wildman–Crippen LogP) is 4.83. The van der Waals surface area contributed by atoms with E-state index in [0.29, 0.717) is 11.3 Å². The number of allylic oxidation sites excluding steroid dienone is 1. The van der Waals surface area contributed by atoms with E-state index in [1.165, 1.54) is 38.5 Å². The molecule has 17 heavy (non-hydrogen) atoms. The second-order valence-corrected chi connectivity index (χ2v) is 6.58. The van der Waals surface area contributed by atoms with Crippen molar-refractivity contribution in [1.82, 2.24) is 0 Å². The van der Waals surface area contributed by atoms with Crippen LogP contribution in [0.1, 0.15) is 59.3 Å². The van der Waals surface area contributed by atoms with Crippen molar-refractivity contribution in [2.45, 2.75) is 59.3 Å². The number of nitrogens with zero attached hydrogens (tertiary/aromatic N) is 1. The number of hydrogen-bond acceptors (Lipinski definition) is 1. The van der Waals surface area contributed by atoms with E-state index < -0.39 is 0 Å². The van der Waals surface area contributed by atoms with Gasteiger partial charge in [0.2, 0.25) is 0 Å². The lowest BCUT2D eigenvalue weighted by atomic mass is 9.68. The fraction of sp³-hybridized carbons (Fsp3) is 0.812. The zero-order valence-electron chi connectivity index (χ0n) is 11.7. The third-order valence-corrected chi connectivity index (χ3v) is 5.13. The Morgan fingerprint density at radius 1 is 1.18 bits per heavy atom. The summed E-state index contributed by atoms with van der Waals surface area (Å²) in [5.41, 5.74) is 0.504. The molecule has 1 nitrogen and oxygen atoms in total. The molecular weight excluding hydrogens is 206 g/mol. The minimum atomic E-state index is 0.504. The molecule has 1 aliphatic heterocycles. The molecule has 0 aromatic carbocycles. The van der Waals surface area contributed by atoms with Crippen LogP contribution in [0.5, 0.6) is 0 Å². The Morgan fingerprint density at radius 2 is 2.00 bits per heavy atom. The summed E-state index contributed by atoms with van der Waals surface area (Å²) < 4.78 is 0. The van der Waals surface area contributed by atoms with Crippen LogP contribution in [0.2, 0.25) is 0 Å². The van der Waals surface area contributed by atoms with Crippen molar-refractivity contribution in [2.24, 2.45) is 28.2 Å². The molecule has 1 saturated carbocycles. The molecule has 1 heterocycles. The lowest BCUT2D eigenvalue weighted by Gasteiger charge is -2.37. The van der Waals surface area contributed by atoms with E-state index in [1.807, 2.05) is 6.20 Å². The highest BCUT2D eigenvalue weighted by Crippen LogP contribution is 2.43. The van der Waals surface area contributed by atoms with Gasteiger partial charge in [-0.15, -0.1) is 0 Å². The molecule has 0 aromatic rings. The van der Waals surface area contributed by atoms with Crippen molar-refractivity contribution < 1.29 is 0 Å². The Bertz CT molecular complexity index is 303. The highest BCUT2D eigenvalue weighted by Gasteiger charge is 2.34. The van der Waals surface area contributed by atoms with Gasteiger partial charge in [0, 0.05) is 18.3 Å². The fourth-order valence-corrected chi connectivity index (χ4v) is 3.34. The molecule has 1 fully saturated rings. The Morgan fingerprint density at radius 3 is 2.76 bits per heavy atom. The number of rotatable bonds is 1. The van der Waals surface area contributed by atoms with Crippen LogP contribution in [0.25, 0.3) is 0 Å². The van der Waals surface area contributed by atoms with Crippen molar-refractivity contribution in [3.05, 3.63) is 12.3 Å². The summed E-state index contributed by atoms with van der Waals surface area (Å²) in [4.78, 5) is 4.38. The summed E-state index contributed by atoms with van der Waals surface area (Å²) in [5, 5.41) is 0. The van der Waals surface area contributed by atoms with Crippen molar-refractivity contribution in [1.29, 1.82) is 0 Å². The number of hydrogen-bond donors (Lipinski definition) is 0. The lowest BCUT2D eigenvalue weighted by Crippen LogP contribution is -2.30. The van der Waals surface area contributed by atoms with Crippen LogP contribution in [0.15, 0.2) is 17.3 Å². The van der Waals surface area contributed by atoms with Crippen LogP contribution in [-0.4, -0.2) is 6.21 Å². The Kier molecular flexibility index (Phi) is 4.06. The maximum atomic E-state index is 4.38. The highest BCUT2D eigenvalue weighted by atomic mass is 14.7. The molecule has 0 saturated heterocycles. The van der Waals surface area contributed by atoms with Crippen molar-refractivity contribution in [3.63, 3.8) is 0 Å². The maximum Gasteiger partial charge on any atom is 0.0227 e. The van der Waals surface area contributed by atoms with E-state index >= 15 is 0 Å². The highest BCUT2D eigenvalue weighted by molar-refractivity contribution is 5.63. The summed E-state index contributed by atoms with van der Waals surface area (Å²) in [5.74, 6) is 2.22. The molecule has 2 aliphatic rings. The van der Waals surface area contributed by atoms with E-state index in [0.717, 1.165) is 11.8 Å². The van der Waals surface area contributed by atoms with Crippen LogP contribution < -0.4 is 0 Å². The summed E-state index contributed by atoms with van der Waals surface area (Å²) in [6, 6.07) is 0. The molecule has 0 spiro atoms. The molecule has 0 radical (unpaired) electrons. The van der Waals surface area contributed by atoms with E-state index in [2.05, 4.69) is 38.1 Å². The van der Waals surface area contributed by atoms with Gasteiger partial charge in [0.15, 0.2) is 0 Å². The van der Waals surface area contributed by atoms with Gasteiger partial charge in [-0.25, -0.2) is 0 Å². The van der Waals surface area contributed by atoms with Gasteiger partial charge in [-0.2, -0.15) is 0 Å². The zero-order valence-corrected chi connectivity index (χ0v) is 11.7. The predicted molar refractivity (Wildman–Crippen MR) is 75.3 cm³/mol. The Balaban J connectivity index is 2.15. The first-order chi connectivity index (χ1) is 8.12. The van der Waals surface area contributed by atoms with E-state index in [-0.39, 0.29) is 0 Å². The molecule has 0 aromatic heterocycles. The Labute approximate surface area is 106 Å². The van der Waals surface area contributed by atoms with Crippen LogP contribution in [0.4, 0.5) is 0 Å². The molecule has 0 bridgehead atoms. The van der Waals surface area contributed by atoms with Gasteiger partial charge in [0.25, 0.3) is 0 Å². The first-order valence-corrected chi connectivity index (χ1v) is 7.32. The molecule has 96 valence electrons. The molecule has 3 unspecified atom stereocenters. The van der Waals surface area contributed by atoms with Crippen LogP contribution in [0, 0.1) is 23.2 Å². The smallest absolute Gasteiger partial charge is 0.0227 e. The monoisotopic (exact) mass is 233 g/mol. The van der Waals surface area contributed by atoms with Gasteiger partial charge in [-0.05, 0) is 36.5 Å². The zero-order chi connectivity index (χ0) is 12.3. The van der Waals surface area contributed by atoms with E-state index in [4.69, 9.17) is 0 Å². The van der Waals surface area contributed by atoms with Gasteiger partial charge < -0.3 is 0 Å². The largest absolute Gasteiger partial charge is 0.269 e. The van der Waals surface area contributed by atoms with Gasteiger partial charge in [0.1, 0.15) is 0 Å². The molecule has 3 atom stereocenters. The van der Waals surface area contributed by atoms with Crippen LogP contribution in [0.3, 0.4) is 0 Å². The molecular formula is C16H27N. The van der Waals surface area contributed by atoms with Crippen LogP contribution >= 0.6 is 0 Å². The minimum absolute atomic E-state index is 0.504. The summed E-state index contributed by atoms with van der Waals surface area (Å²) in [7, 11) is 0. The topological polar surface area (TPSA) is 12.4 Å². The minimum Gasteiger partial charge on any atom is -0.269 e. The van der Waals surface area contributed by atoms with Crippen molar-refractivity contribution in [2.75, 3.05) is 0 Å². The summed E-state index contributed by atoms with van der Waals surface area (Å²) in [6.45, 7) is 7.28. The molecule has 0 N–H and O–H groups in total. The second-order valence-electron chi connectivity index (χ2n) is 6.58. The number of fused-ring (bicyclic) bond motifs is 1. The van der Waals surface area contributed by atoms with Gasteiger partial charge >= 0.3 is 0 Å². The molecule has 1 aliphatic carbocycles. The average Bonchev–Trinajstić information content (AvgIpc) is 2.38. The molecule has 0 amide bonds. The van der Waals surface area contributed by atoms with E-state index in [9.17, 15) is 0 Å². The first kappa shape index (κ1) is 12.9. The van der Waals surface area contributed by atoms with Gasteiger partial charge in [0.05, 0.1) is 0 Å². The number of aliphatic imine (C=N–C) groups is 1. The fourth-order valence-electron chi connectivity index (χ4n) is 3.34. The third kappa shape index (κ3) is 3.00. The second kappa shape index (κ2) is 5.37. The molecule has 1 heteroatoms. The summed E-state index contributed by atoms with van der Waals surface area (Å²) >= 11 is 0. The first-order valence-electron chi connectivity index (χ1n) is 7.32. The van der Waals surface area contributed by atoms with Crippen molar-refractivity contribution in [3.8, 4) is 0 Å². The standard InChI is InChI=1S/C16H27N/c1-13(2)16(3)9-6-4-5-7-14-8-10-17-12-15(14)11-16/h8,10,12-15H,4-7,9,11H2,1-3H3. The van der Waals surface area contributed by atoms with Gasteiger partial charge in [-0.3, -0.25) is 4.99 Å². The summed E-state index contributed by atoms with van der Waals surface area (Å²) in [6.07, 6.45) is 14.9. The van der Waals surface area contributed by atoms with Crippen molar-refractivity contribution >= 4 is 6.21 Å². The maximum absolute atomic E-state index is 4.38. The lowest BCUT2D eigenvalue weighted by molar-refractivity contribution is 0.154.